The Balaban J connectivity index is 1.20. The number of fused-ring (bicyclic) bond motifs is 3. The highest BCUT2D eigenvalue weighted by atomic mass is 16.5. The zero-order chi connectivity index (χ0) is 22.6. The van der Waals surface area contributed by atoms with Crippen LogP contribution in [0, 0.1) is 46.3 Å². The molecule has 0 aromatic rings. The fraction of sp³-hybridized carbons (Fsp3) is 0.933. The smallest absolute Gasteiger partial charge is 0.0629 e. The molecule has 4 aliphatic carbocycles. The number of hydrogen-bond acceptors (Lipinski definition) is 3. The highest BCUT2D eigenvalue weighted by Crippen LogP contribution is 2.67. The molecule has 6 aliphatic rings. The Morgan fingerprint density at radius 3 is 2.88 bits per heavy atom. The molecule has 3 nitrogen and oxygen atoms in total. The topological polar surface area (TPSA) is 30.5 Å². The zero-order valence-corrected chi connectivity index (χ0v) is 21.6. The lowest BCUT2D eigenvalue weighted by molar-refractivity contribution is -0.182. The first-order valence-corrected chi connectivity index (χ1v) is 14.6. The van der Waals surface area contributed by atoms with Gasteiger partial charge in [0.1, 0.15) is 0 Å². The van der Waals surface area contributed by atoms with Gasteiger partial charge in [0.15, 0.2) is 0 Å². The molecule has 2 heterocycles. The van der Waals surface area contributed by atoms with Crippen LogP contribution in [0.2, 0.25) is 0 Å². The van der Waals surface area contributed by atoms with Gasteiger partial charge in [-0.3, -0.25) is 0 Å². The highest BCUT2D eigenvalue weighted by molar-refractivity contribution is 5.31. The predicted molar refractivity (Wildman–Crippen MR) is 134 cm³/mol. The van der Waals surface area contributed by atoms with E-state index in [2.05, 4.69) is 32.2 Å². The molecular formula is C30H49NO2. The molecule has 0 aromatic heterocycles. The molecule has 6 rings (SSSR count). The maximum atomic E-state index is 6.62. The summed E-state index contributed by atoms with van der Waals surface area (Å²) in [7, 11) is 0. The van der Waals surface area contributed by atoms with Crippen LogP contribution in [0.4, 0.5) is 0 Å². The van der Waals surface area contributed by atoms with Crippen molar-refractivity contribution in [3.63, 3.8) is 0 Å². The Hall–Kier alpha value is -0.380. The van der Waals surface area contributed by atoms with Gasteiger partial charge in [-0.15, -0.1) is 0 Å². The van der Waals surface area contributed by atoms with Crippen LogP contribution in [0.5, 0.6) is 0 Å². The van der Waals surface area contributed by atoms with E-state index in [4.69, 9.17) is 9.47 Å². The molecule has 186 valence electrons. The molecule has 3 heteroatoms. The van der Waals surface area contributed by atoms with Crippen LogP contribution in [0.15, 0.2) is 11.6 Å². The van der Waals surface area contributed by atoms with E-state index in [1.54, 1.807) is 0 Å². The number of rotatable bonds is 5. The normalized spacial score (nSPS) is 49.2. The maximum Gasteiger partial charge on any atom is 0.0629 e. The van der Waals surface area contributed by atoms with Gasteiger partial charge in [-0.05, 0) is 112 Å². The minimum Gasteiger partial charge on any atom is -0.380 e. The third-order valence-electron chi connectivity index (χ3n) is 11.5. The van der Waals surface area contributed by atoms with Gasteiger partial charge < -0.3 is 14.8 Å². The Morgan fingerprint density at radius 2 is 2.06 bits per heavy atom. The fourth-order valence-corrected chi connectivity index (χ4v) is 9.89. The van der Waals surface area contributed by atoms with Crippen LogP contribution in [0.1, 0.15) is 91.4 Å². The average Bonchev–Trinajstić information content (AvgIpc) is 3.31. The number of nitrogens with one attached hydrogen (secondary N) is 1. The second-order valence-electron chi connectivity index (χ2n) is 13.6. The van der Waals surface area contributed by atoms with Crippen LogP contribution in [-0.2, 0) is 9.47 Å². The van der Waals surface area contributed by atoms with Gasteiger partial charge in [-0.2, -0.15) is 0 Å². The third-order valence-corrected chi connectivity index (χ3v) is 11.5. The van der Waals surface area contributed by atoms with Crippen molar-refractivity contribution >= 4 is 0 Å². The van der Waals surface area contributed by atoms with Gasteiger partial charge in [0.05, 0.1) is 25.9 Å². The molecule has 0 spiro atoms. The molecule has 9 atom stereocenters. The molecule has 0 amide bonds. The molecule has 5 fully saturated rings. The molecule has 2 aliphatic heterocycles. The largest absolute Gasteiger partial charge is 0.380 e. The summed E-state index contributed by atoms with van der Waals surface area (Å²) in [6, 6.07) is 0.584. The minimum atomic E-state index is 0.333. The lowest BCUT2D eigenvalue weighted by Crippen LogP contribution is -2.60. The summed E-state index contributed by atoms with van der Waals surface area (Å²) in [5.74, 6) is 4.95. The Labute approximate surface area is 202 Å². The van der Waals surface area contributed by atoms with Gasteiger partial charge in [0, 0.05) is 17.4 Å². The first-order valence-electron chi connectivity index (χ1n) is 14.6. The summed E-state index contributed by atoms with van der Waals surface area (Å²) in [4.78, 5) is 0. The first kappa shape index (κ1) is 23.0. The molecule has 2 bridgehead atoms. The molecule has 1 N–H and O–H groups in total. The lowest BCUT2D eigenvalue weighted by atomic mass is 9.43. The summed E-state index contributed by atoms with van der Waals surface area (Å²) < 4.78 is 13.1. The van der Waals surface area contributed by atoms with Crippen molar-refractivity contribution < 1.29 is 9.47 Å². The molecule has 9 unspecified atom stereocenters. The van der Waals surface area contributed by atoms with Crippen LogP contribution in [0.25, 0.3) is 0 Å². The zero-order valence-electron chi connectivity index (χ0n) is 21.6. The standard InChI is InChI=1S/C30H49NO2/c1-20(2)15-21-10-12-29(3)22(16-21)6-7-27-26(29)9-8-25-24-18-32-19-30(25,27)13-11-28(24)33-17-23-5-4-14-31-23/h7,20-26,28,31H,4-6,8-19H2,1-3H3. The number of allylic oxidation sites excluding steroid dienone is 1. The van der Waals surface area contributed by atoms with Crippen molar-refractivity contribution in [1.82, 2.24) is 5.32 Å². The summed E-state index contributed by atoms with van der Waals surface area (Å²) in [5, 5.41) is 3.62. The average molecular weight is 456 g/mol. The van der Waals surface area contributed by atoms with Crippen LogP contribution < -0.4 is 5.32 Å². The van der Waals surface area contributed by atoms with Gasteiger partial charge in [0.2, 0.25) is 0 Å². The summed E-state index contributed by atoms with van der Waals surface area (Å²) in [6.07, 6.45) is 18.4. The minimum absolute atomic E-state index is 0.333. The van der Waals surface area contributed by atoms with Crippen molar-refractivity contribution in [3.05, 3.63) is 11.6 Å². The van der Waals surface area contributed by atoms with E-state index >= 15 is 0 Å². The Bertz CT molecular complexity index is 742. The quantitative estimate of drug-likeness (QED) is 0.488. The van der Waals surface area contributed by atoms with E-state index in [0.29, 0.717) is 28.9 Å². The van der Waals surface area contributed by atoms with E-state index in [0.717, 1.165) is 49.4 Å². The molecule has 0 radical (unpaired) electrons. The Morgan fingerprint density at radius 1 is 1.15 bits per heavy atom. The van der Waals surface area contributed by atoms with Gasteiger partial charge in [-0.25, -0.2) is 0 Å². The van der Waals surface area contributed by atoms with Crippen LogP contribution in [-0.4, -0.2) is 38.5 Å². The highest BCUT2D eigenvalue weighted by Gasteiger charge is 2.61. The van der Waals surface area contributed by atoms with Gasteiger partial charge in [-0.1, -0.05) is 32.4 Å². The number of ether oxygens (including phenoxy) is 2. The van der Waals surface area contributed by atoms with Crippen molar-refractivity contribution in [2.75, 3.05) is 26.4 Å². The van der Waals surface area contributed by atoms with Crippen molar-refractivity contribution in [1.29, 1.82) is 0 Å². The van der Waals surface area contributed by atoms with E-state index in [1.165, 1.54) is 77.2 Å². The summed E-state index contributed by atoms with van der Waals surface area (Å²) in [5.41, 5.74) is 2.73. The first-order chi connectivity index (χ1) is 16.0. The predicted octanol–water partition coefficient (Wildman–Crippen LogP) is 6.38. The molecule has 2 saturated heterocycles. The second kappa shape index (κ2) is 8.93. The van der Waals surface area contributed by atoms with Crippen molar-refractivity contribution in [3.8, 4) is 0 Å². The van der Waals surface area contributed by atoms with Crippen molar-refractivity contribution in [2.45, 2.75) is 104 Å². The lowest BCUT2D eigenvalue weighted by Gasteiger charge is -2.64. The molecule has 33 heavy (non-hydrogen) atoms. The SMILES string of the molecule is CC(C)CC1CCC2(C)C(CC=C3C2CCC2C4COCC32CCC4OCC2CCCN2)C1. The molecule has 3 saturated carbocycles. The summed E-state index contributed by atoms with van der Waals surface area (Å²) in [6.45, 7) is 11.5. The molecule has 0 aromatic carbocycles. The van der Waals surface area contributed by atoms with Crippen molar-refractivity contribution in [2.24, 2.45) is 46.3 Å². The third kappa shape index (κ3) is 3.87. The van der Waals surface area contributed by atoms with Crippen LogP contribution in [0.3, 0.4) is 0 Å². The maximum absolute atomic E-state index is 6.62. The Kier molecular flexibility index (Phi) is 6.24. The molecular weight excluding hydrogens is 406 g/mol. The fourth-order valence-electron chi connectivity index (χ4n) is 9.89. The summed E-state index contributed by atoms with van der Waals surface area (Å²) >= 11 is 0. The van der Waals surface area contributed by atoms with E-state index in [-0.39, 0.29) is 0 Å². The van der Waals surface area contributed by atoms with E-state index < -0.39 is 0 Å². The van der Waals surface area contributed by atoms with E-state index in [9.17, 15) is 0 Å². The van der Waals surface area contributed by atoms with E-state index in [1.807, 2.05) is 5.57 Å². The number of hydrogen-bond donors (Lipinski definition) is 1. The second-order valence-corrected chi connectivity index (χ2v) is 13.6. The van der Waals surface area contributed by atoms with Crippen LogP contribution >= 0.6 is 0 Å². The van der Waals surface area contributed by atoms with Gasteiger partial charge >= 0.3 is 0 Å². The monoisotopic (exact) mass is 455 g/mol. The van der Waals surface area contributed by atoms with Gasteiger partial charge in [0.25, 0.3) is 0 Å².